The standard InChI is InChI=1S/C7H9NO.C2H4N2.C2H6/c1-9-7-4-2-6(8)3-5-7;3-1-2-4;1-2/h2-5H,8H2,1H3;1-4H;1-2H3. The Morgan fingerprint density at radius 3 is 1.73 bits per heavy atom. The van der Waals surface area contributed by atoms with Crippen molar-refractivity contribution in [1.82, 2.24) is 0 Å². The van der Waals surface area contributed by atoms with Crippen molar-refractivity contribution in [2.45, 2.75) is 13.8 Å². The first-order chi connectivity index (χ1) is 7.24. The molecular weight excluding hydrogens is 190 g/mol. The number of hydrogen-bond donors (Lipinski definition) is 3. The predicted octanol–water partition coefficient (Wildman–Crippen LogP) is 2.59. The summed E-state index contributed by atoms with van der Waals surface area (Å²) in [4.78, 5) is 0. The summed E-state index contributed by atoms with van der Waals surface area (Å²) in [7, 11) is 1.63. The highest BCUT2D eigenvalue weighted by Gasteiger charge is 1.86. The largest absolute Gasteiger partial charge is 0.497 e. The molecule has 84 valence electrons. The van der Waals surface area contributed by atoms with E-state index in [0.29, 0.717) is 0 Å². The van der Waals surface area contributed by atoms with E-state index >= 15 is 0 Å². The molecule has 4 N–H and O–H groups in total. The van der Waals surface area contributed by atoms with Gasteiger partial charge in [0.25, 0.3) is 0 Å². The van der Waals surface area contributed by atoms with Gasteiger partial charge in [0.15, 0.2) is 0 Å². The molecule has 0 aliphatic carbocycles. The molecular formula is C11H19N3O. The first kappa shape index (κ1) is 15.6. The molecule has 1 rings (SSSR count). The minimum atomic E-state index is 0.760. The maximum Gasteiger partial charge on any atom is 0.119 e. The summed E-state index contributed by atoms with van der Waals surface area (Å²) in [5.41, 5.74) is 6.19. The van der Waals surface area contributed by atoms with E-state index in [9.17, 15) is 0 Å². The van der Waals surface area contributed by atoms with E-state index < -0.39 is 0 Å². The second kappa shape index (κ2) is 12.2. The molecule has 1 aromatic rings. The van der Waals surface area contributed by atoms with E-state index in [2.05, 4.69) is 0 Å². The Morgan fingerprint density at radius 1 is 1.07 bits per heavy atom. The third-order valence-corrected chi connectivity index (χ3v) is 1.20. The Balaban J connectivity index is 0. The number of rotatable bonds is 2. The molecule has 0 unspecified atom stereocenters. The summed E-state index contributed by atoms with van der Waals surface area (Å²) in [6, 6.07) is 7.27. The minimum Gasteiger partial charge on any atom is -0.497 e. The second-order valence-corrected chi connectivity index (χ2v) is 2.11. The monoisotopic (exact) mass is 209 g/mol. The van der Waals surface area contributed by atoms with Gasteiger partial charge in [-0.3, -0.25) is 0 Å². The lowest BCUT2D eigenvalue weighted by Gasteiger charge is -1.97. The Kier molecular flexibility index (Phi) is 12.7. The zero-order valence-electron chi connectivity index (χ0n) is 9.45. The smallest absolute Gasteiger partial charge is 0.119 e. The molecule has 0 atom stereocenters. The van der Waals surface area contributed by atoms with Crippen molar-refractivity contribution in [2.24, 2.45) is 0 Å². The minimum absolute atomic E-state index is 0.760. The molecule has 1 aromatic carbocycles. The second-order valence-electron chi connectivity index (χ2n) is 2.11. The van der Waals surface area contributed by atoms with Crippen LogP contribution in [0.1, 0.15) is 13.8 Å². The van der Waals surface area contributed by atoms with Crippen LogP contribution < -0.4 is 10.5 Å². The third-order valence-electron chi connectivity index (χ3n) is 1.20. The summed E-state index contributed by atoms with van der Waals surface area (Å²) >= 11 is 0. The summed E-state index contributed by atoms with van der Waals surface area (Å²) < 4.78 is 4.91. The third kappa shape index (κ3) is 10.1. The SMILES string of the molecule is CC.COc1ccc(N)cc1.N=CC=N. The van der Waals surface area contributed by atoms with Crippen LogP contribution in [0.25, 0.3) is 0 Å². The lowest BCUT2D eigenvalue weighted by Crippen LogP contribution is -1.84. The van der Waals surface area contributed by atoms with Crippen molar-refractivity contribution in [1.29, 1.82) is 10.8 Å². The van der Waals surface area contributed by atoms with Crippen LogP contribution in [0.4, 0.5) is 5.69 Å². The van der Waals surface area contributed by atoms with Crippen LogP contribution in [0.2, 0.25) is 0 Å². The van der Waals surface area contributed by atoms with Crippen LogP contribution in [-0.4, -0.2) is 19.5 Å². The quantitative estimate of drug-likeness (QED) is 0.516. The fraction of sp³-hybridized carbons (Fsp3) is 0.273. The number of hydrogen-bond acceptors (Lipinski definition) is 4. The van der Waals surface area contributed by atoms with Crippen molar-refractivity contribution < 1.29 is 4.74 Å². The summed E-state index contributed by atoms with van der Waals surface area (Å²) in [6.45, 7) is 4.00. The van der Waals surface area contributed by atoms with Gasteiger partial charge in [0, 0.05) is 18.1 Å². The average Bonchev–Trinajstić information content (AvgIpc) is 2.33. The van der Waals surface area contributed by atoms with Crippen LogP contribution in [0.5, 0.6) is 5.75 Å². The highest BCUT2D eigenvalue weighted by Crippen LogP contribution is 2.11. The Morgan fingerprint density at radius 2 is 1.47 bits per heavy atom. The molecule has 0 spiro atoms. The number of anilines is 1. The molecule has 0 radical (unpaired) electrons. The molecule has 0 aromatic heterocycles. The number of ether oxygens (including phenoxy) is 1. The number of benzene rings is 1. The van der Waals surface area contributed by atoms with Gasteiger partial charge in [0.05, 0.1) is 7.11 Å². The maximum atomic E-state index is 6.08. The fourth-order valence-corrected chi connectivity index (χ4v) is 0.604. The van der Waals surface area contributed by atoms with E-state index in [-0.39, 0.29) is 0 Å². The molecule has 0 heterocycles. The topological polar surface area (TPSA) is 83.0 Å². The van der Waals surface area contributed by atoms with Crippen molar-refractivity contribution >= 4 is 18.1 Å². The molecule has 0 saturated heterocycles. The van der Waals surface area contributed by atoms with Gasteiger partial charge in [-0.25, -0.2) is 0 Å². The number of nitrogens with two attached hydrogens (primary N) is 1. The lowest BCUT2D eigenvalue weighted by molar-refractivity contribution is 0.415. The van der Waals surface area contributed by atoms with E-state index in [1.807, 2.05) is 26.0 Å². The van der Waals surface area contributed by atoms with Crippen molar-refractivity contribution in [3.05, 3.63) is 24.3 Å². The van der Waals surface area contributed by atoms with E-state index in [1.165, 1.54) is 0 Å². The summed E-state index contributed by atoms with van der Waals surface area (Å²) in [5.74, 6) is 0.837. The fourth-order valence-electron chi connectivity index (χ4n) is 0.604. The van der Waals surface area contributed by atoms with Crippen LogP contribution in [0, 0.1) is 10.8 Å². The van der Waals surface area contributed by atoms with Gasteiger partial charge in [-0.2, -0.15) is 0 Å². The van der Waals surface area contributed by atoms with Crippen molar-refractivity contribution in [3.63, 3.8) is 0 Å². The number of nitrogens with one attached hydrogen (secondary N) is 2. The Bertz CT molecular complexity index is 251. The molecule has 0 aliphatic heterocycles. The lowest BCUT2D eigenvalue weighted by atomic mass is 10.3. The van der Waals surface area contributed by atoms with Crippen LogP contribution >= 0.6 is 0 Å². The van der Waals surface area contributed by atoms with Gasteiger partial charge in [-0.05, 0) is 24.3 Å². The van der Waals surface area contributed by atoms with Gasteiger partial charge in [-0.1, -0.05) is 13.8 Å². The van der Waals surface area contributed by atoms with Crippen LogP contribution in [0.15, 0.2) is 24.3 Å². The Hall–Kier alpha value is -1.84. The van der Waals surface area contributed by atoms with Gasteiger partial charge in [-0.15, -0.1) is 0 Å². The molecule has 4 heteroatoms. The van der Waals surface area contributed by atoms with Gasteiger partial charge >= 0.3 is 0 Å². The van der Waals surface area contributed by atoms with Gasteiger partial charge in [0.1, 0.15) is 5.75 Å². The predicted molar refractivity (Wildman–Crippen MR) is 66.3 cm³/mol. The summed E-state index contributed by atoms with van der Waals surface area (Å²) in [6.07, 6.45) is 1.83. The maximum absolute atomic E-state index is 6.08. The molecule has 4 nitrogen and oxygen atoms in total. The Labute approximate surface area is 91.1 Å². The molecule has 0 amide bonds. The highest BCUT2D eigenvalue weighted by atomic mass is 16.5. The van der Waals surface area contributed by atoms with E-state index in [0.717, 1.165) is 23.9 Å². The average molecular weight is 209 g/mol. The first-order valence-corrected chi connectivity index (χ1v) is 4.63. The summed E-state index contributed by atoms with van der Waals surface area (Å²) in [5, 5.41) is 12.2. The highest BCUT2D eigenvalue weighted by molar-refractivity contribution is 6.12. The van der Waals surface area contributed by atoms with Gasteiger partial charge < -0.3 is 21.3 Å². The number of methoxy groups -OCH3 is 1. The van der Waals surface area contributed by atoms with Crippen LogP contribution in [0.3, 0.4) is 0 Å². The molecule has 15 heavy (non-hydrogen) atoms. The van der Waals surface area contributed by atoms with Crippen molar-refractivity contribution in [2.75, 3.05) is 12.8 Å². The van der Waals surface area contributed by atoms with E-state index in [4.69, 9.17) is 21.3 Å². The zero-order valence-corrected chi connectivity index (χ0v) is 9.45. The molecule has 0 fully saturated rings. The zero-order chi connectivity index (χ0) is 12.1. The van der Waals surface area contributed by atoms with E-state index in [1.54, 1.807) is 19.2 Å². The van der Waals surface area contributed by atoms with Gasteiger partial charge in [0.2, 0.25) is 0 Å². The van der Waals surface area contributed by atoms with Crippen LogP contribution in [-0.2, 0) is 0 Å². The normalized spacial score (nSPS) is 7.13. The number of nitrogen functional groups attached to an aromatic ring is 1. The molecule has 0 aliphatic rings. The molecule has 0 saturated carbocycles. The first-order valence-electron chi connectivity index (χ1n) is 4.63. The van der Waals surface area contributed by atoms with Crippen molar-refractivity contribution in [3.8, 4) is 5.75 Å². The molecule has 0 bridgehead atoms.